The lowest BCUT2D eigenvalue weighted by Gasteiger charge is -2.27. The second-order valence-electron chi connectivity index (χ2n) is 9.26. The predicted octanol–water partition coefficient (Wildman–Crippen LogP) is 4.66. The summed E-state index contributed by atoms with van der Waals surface area (Å²) in [4.78, 5) is 31.1. The van der Waals surface area contributed by atoms with E-state index in [1.54, 1.807) is 11.3 Å². The van der Waals surface area contributed by atoms with Crippen molar-refractivity contribution >= 4 is 33.2 Å². The van der Waals surface area contributed by atoms with Gasteiger partial charge >= 0.3 is 0 Å². The molecule has 0 bridgehead atoms. The summed E-state index contributed by atoms with van der Waals surface area (Å²) in [6.45, 7) is 4.08. The van der Waals surface area contributed by atoms with Crippen LogP contribution in [0.25, 0.3) is 10.1 Å². The minimum Gasteiger partial charge on any atom is -0.378 e. The lowest BCUT2D eigenvalue weighted by molar-refractivity contribution is -0.130. The van der Waals surface area contributed by atoms with Crippen LogP contribution in [0.15, 0.2) is 24.3 Å². The Kier molecular flexibility index (Phi) is 6.28. The van der Waals surface area contributed by atoms with Gasteiger partial charge in [-0.3, -0.25) is 9.59 Å². The quantitative estimate of drug-likeness (QED) is 0.679. The molecule has 3 heterocycles. The highest BCUT2D eigenvalue weighted by atomic mass is 32.1. The first-order valence-electron chi connectivity index (χ1n) is 11.9. The van der Waals surface area contributed by atoms with Gasteiger partial charge in [0.05, 0.1) is 18.1 Å². The zero-order chi connectivity index (χ0) is 21.2. The van der Waals surface area contributed by atoms with E-state index in [4.69, 9.17) is 4.74 Å². The average Bonchev–Trinajstić information content (AvgIpc) is 3.56. The molecule has 0 spiro atoms. The minimum atomic E-state index is 0.130. The SMILES string of the molecule is O=C(CCC1CCCC1)N1CC[C@H](c2c(C(=O)N3CCOCC3)sc3ccccc23)C1. The molecule has 0 radical (unpaired) electrons. The van der Waals surface area contributed by atoms with Gasteiger partial charge < -0.3 is 14.5 Å². The Bertz CT molecular complexity index is 943. The van der Waals surface area contributed by atoms with Crippen LogP contribution in [-0.2, 0) is 9.53 Å². The largest absolute Gasteiger partial charge is 0.378 e. The Hall–Kier alpha value is -1.92. The summed E-state index contributed by atoms with van der Waals surface area (Å²) < 4.78 is 6.61. The number of likely N-dealkylation sites (tertiary alicyclic amines) is 1. The number of amides is 2. The van der Waals surface area contributed by atoms with Crippen LogP contribution in [0.3, 0.4) is 0 Å². The molecule has 1 atom stereocenters. The molecule has 3 fully saturated rings. The number of fused-ring (bicyclic) bond motifs is 1. The van der Waals surface area contributed by atoms with Crippen molar-refractivity contribution in [3.63, 3.8) is 0 Å². The number of carbonyl (C=O) groups excluding carboxylic acids is 2. The van der Waals surface area contributed by atoms with E-state index in [-0.39, 0.29) is 11.8 Å². The summed E-state index contributed by atoms with van der Waals surface area (Å²) in [6, 6.07) is 8.35. The normalized spacial score (nSPS) is 22.5. The van der Waals surface area contributed by atoms with Gasteiger partial charge in [-0.2, -0.15) is 0 Å². The van der Waals surface area contributed by atoms with Crippen molar-refractivity contribution < 1.29 is 14.3 Å². The Labute approximate surface area is 188 Å². The molecule has 1 saturated carbocycles. The fourth-order valence-electron chi connectivity index (χ4n) is 5.55. The molecule has 1 aromatic heterocycles. The zero-order valence-corrected chi connectivity index (χ0v) is 19.0. The highest BCUT2D eigenvalue weighted by Crippen LogP contribution is 2.41. The van der Waals surface area contributed by atoms with Gasteiger partial charge in [0.15, 0.2) is 0 Å². The molecule has 1 aromatic carbocycles. The summed E-state index contributed by atoms with van der Waals surface area (Å²) in [7, 11) is 0. The number of benzene rings is 1. The summed E-state index contributed by atoms with van der Waals surface area (Å²) in [5, 5.41) is 1.19. The van der Waals surface area contributed by atoms with Gasteiger partial charge in [-0.25, -0.2) is 0 Å². The molecule has 0 unspecified atom stereocenters. The van der Waals surface area contributed by atoms with Crippen molar-refractivity contribution in [2.45, 2.75) is 50.9 Å². The first kappa shape index (κ1) is 21.0. The van der Waals surface area contributed by atoms with Gasteiger partial charge in [0.25, 0.3) is 5.91 Å². The molecule has 5 nitrogen and oxygen atoms in total. The molecule has 31 heavy (non-hydrogen) atoms. The topological polar surface area (TPSA) is 49.9 Å². The standard InChI is InChI=1S/C25H32N2O3S/c28-22(10-9-18-5-1-2-6-18)27-12-11-19(17-27)23-20-7-3-4-8-21(20)31-24(23)25(29)26-13-15-30-16-14-26/h3-4,7-8,18-19H,1-2,5-6,9-17H2/t19-/m0/s1. The molecule has 0 N–H and O–H groups in total. The zero-order valence-electron chi connectivity index (χ0n) is 18.2. The van der Waals surface area contributed by atoms with Crippen LogP contribution in [0.1, 0.15) is 66.1 Å². The third kappa shape index (κ3) is 4.37. The first-order valence-corrected chi connectivity index (χ1v) is 12.7. The van der Waals surface area contributed by atoms with Crippen LogP contribution >= 0.6 is 11.3 Å². The summed E-state index contributed by atoms with van der Waals surface area (Å²) in [6.07, 6.45) is 7.92. The smallest absolute Gasteiger partial charge is 0.264 e. The van der Waals surface area contributed by atoms with E-state index in [0.29, 0.717) is 38.6 Å². The molecule has 2 amide bonds. The first-order chi connectivity index (χ1) is 15.2. The fourth-order valence-corrected chi connectivity index (χ4v) is 6.80. The molecular weight excluding hydrogens is 408 g/mol. The molecule has 2 aliphatic heterocycles. The lowest BCUT2D eigenvalue weighted by Crippen LogP contribution is -2.40. The molecule has 6 heteroatoms. The number of carbonyl (C=O) groups is 2. The van der Waals surface area contributed by atoms with Crippen LogP contribution in [0.5, 0.6) is 0 Å². The Morgan fingerprint density at radius 1 is 1.00 bits per heavy atom. The second kappa shape index (κ2) is 9.29. The number of nitrogens with zero attached hydrogens (tertiary/aromatic N) is 2. The molecular formula is C25H32N2O3S. The van der Waals surface area contributed by atoms with Crippen LogP contribution in [-0.4, -0.2) is 61.0 Å². The van der Waals surface area contributed by atoms with Crippen molar-refractivity contribution in [2.24, 2.45) is 5.92 Å². The van der Waals surface area contributed by atoms with Crippen molar-refractivity contribution in [3.05, 3.63) is 34.7 Å². The van der Waals surface area contributed by atoms with Crippen LogP contribution in [0.2, 0.25) is 0 Å². The van der Waals surface area contributed by atoms with E-state index in [9.17, 15) is 9.59 Å². The van der Waals surface area contributed by atoms with E-state index in [2.05, 4.69) is 23.1 Å². The summed E-state index contributed by atoms with van der Waals surface area (Å²) in [5.41, 5.74) is 1.17. The Morgan fingerprint density at radius 3 is 2.58 bits per heavy atom. The van der Waals surface area contributed by atoms with Gasteiger partial charge in [-0.1, -0.05) is 43.9 Å². The van der Waals surface area contributed by atoms with Crippen molar-refractivity contribution in [2.75, 3.05) is 39.4 Å². The average molecular weight is 441 g/mol. The van der Waals surface area contributed by atoms with E-state index >= 15 is 0 Å². The molecule has 5 rings (SSSR count). The Morgan fingerprint density at radius 2 is 1.77 bits per heavy atom. The number of rotatable bonds is 5. The van der Waals surface area contributed by atoms with Crippen molar-refractivity contribution in [3.8, 4) is 0 Å². The maximum absolute atomic E-state index is 13.4. The summed E-state index contributed by atoms with van der Waals surface area (Å²) >= 11 is 1.61. The van der Waals surface area contributed by atoms with E-state index < -0.39 is 0 Å². The third-order valence-electron chi connectivity index (χ3n) is 7.32. The summed E-state index contributed by atoms with van der Waals surface area (Å²) in [5.74, 6) is 1.42. The number of thiophene rings is 1. The van der Waals surface area contributed by atoms with Gasteiger partial charge in [0.1, 0.15) is 0 Å². The van der Waals surface area contributed by atoms with Crippen LogP contribution in [0.4, 0.5) is 0 Å². The van der Waals surface area contributed by atoms with Gasteiger partial charge in [-0.15, -0.1) is 11.3 Å². The highest BCUT2D eigenvalue weighted by molar-refractivity contribution is 7.21. The fraction of sp³-hybridized carbons (Fsp3) is 0.600. The second-order valence-corrected chi connectivity index (χ2v) is 10.3. The van der Waals surface area contributed by atoms with Gasteiger partial charge in [0.2, 0.25) is 5.91 Å². The maximum Gasteiger partial charge on any atom is 0.264 e. The number of hydrogen-bond acceptors (Lipinski definition) is 4. The van der Waals surface area contributed by atoms with Crippen molar-refractivity contribution in [1.82, 2.24) is 9.80 Å². The van der Waals surface area contributed by atoms with E-state index in [1.165, 1.54) is 41.3 Å². The molecule has 3 aliphatic rings. The number of hydrogen-bond donors (Lipinski definition) is 0. The van der Waals surface area contributed by atoms with E-state index in [0.717, 1.165) is 36.7 Å². The lowest BCUT2D eigenvalue weighted by atomic mass is 9.94. The highest BCUT2D eigenvalue weighted by Gasteiger charge is 2.34. The van der Waals surface area contributed by atoms with Crippen molar-refractivity contribution in [1.29, 1.82) is 0 Å². The van der Waals surface area contributed by atoms with Gasteiger partial charge in [-0.05, 0) is 35.8 Å². The minimum absolute atomic E-state index is 0.130. The third-order valence-corrected chi connectivity index (χ3v) is 8.49. The molecule has 2 saturated heterocycles. The van der Waals surface area contributed by atoms with E-state index in [1.807, 2.05) is 11.0 Å². The Balaban J connectivity index is 1.34. The number of morpholine rings is 1. The number of ether oxygens (including phenoxy) is 1. The monoisotopic (exact) mass is 440 g/mol. The molecule has 166 valence electrons. The predicted molar refractivity (Wildman–Crippen MR) is 124 cm³/mol. The van der Waals surface area contributed by atoms with Crippen LogP contribution < -0.4 is 0 Å². The molecule has 2 aromatic rings. The van der Waals surface area contributed by atoms with Gasteiger partial charge in [0, 0.05) is 43.2 Å². The maximum atomic E-state index is 13.4. The van der Waals surface area contributed by atoms with Crippen LogP contribution in [0, 0.1) is 5.92 Å². The molecule has 1 aliphatic carbocycles.